The molecule has 0 saturated carbocycles. The van der Waals surface area contributed by atoms with Crippen LogP contribution in [0.5, 0.6) is 0 Å². The maximum Gasteiger partial charge on any atom is 0.218 e. The van der Waals surface area contributed by atoms with E-state index in [2.05, 4.69) is 4.98 Å². The van der Waals surface area contributed by atoms with E-state index in [9.17, 15) is 92.9 Å². The molecule has 0 N–H and O–H groups in total. The van der Waals surface area contributed by atoms with Crippen molar-refractivity contribution in [3.63, 3.8) is 0 Å². The van der Waals surface area contributed by atoms with Gasteiger partial charge in [0.15, 0.2) is 0 Å². The number of nitrogens with zero attached hydrogens (tertiary/aromatic N) is 15. The Bertz CT molecular complexity index is 3620. The van der Waals surface area contributed by atoms with Crippen molar-refractivity contribution in [2.75, 3.05) is 0 Å². The zero-order chi connectivity index (χ0) is 101. The molecule has 0 aliphatic rings. The number of aromatic nitrogens is 15. The zero-order valence-electron chi connectivity index (χ0n) is 67.7. The molecule has 132 heavy (non-hydrogen) atoms. The van der Waals surface area contributed by atoms with E-state index in [1.165, 1.54) is 174 Å². The van der Waals surface area contributed by atoms with Crippen LogP contribution in [0.2, 0.25) is 0 Å². The van der Waals surface area contributed by atoms with Crippen LogP contribution in [0.15, 0.2) is 459 Å². The molecule has 0 spiro atoms. The van der Waals surface area contributed by atoms with Crippen molar-refractivity contribution in [2.24, 2.45) is 0 Å². The molecule has 0 fully saturated rings. The number of rotatable bonds is 0. The molecule has 0 saturated heterocycles. The van der Waals surface area contributed by atoms with Gasteiger partial charge >= 0.3 is 0 Å². The molecule has 0 aliphatic carbocycles. The smallest absolute Gasteiger partial charge is 0.218 e. The second-order valence-electron chi connectivity index (χ2n) is 20.0. The first-order chi connectivity index (χ1) is 62.6. The minimum Gasteiger partial charge on any atom is -0.867 e. The van der Waals surface area contributed by atoms with E-state index in [1.54, 1.807) is 267 Å². The largest absolute Gasteiger partial charge is 0.867 e. The second kappa shape index (κ2) is 100. The Morgan fingerprint density at radius 2 is 0.167 bits per heavy atom. The van der Waals surface area contributed by atoms with Crippen molar-refractivity contribution in [3.8, 4) is 0 Å². The summed E-state index contributed by atoms with van der Waals surface area (Å²) in [6.45, 7) is 0. The molecule has 15 heterocycles. The van der Waals surface area contributed by atoms with Crippen molar-refractivity contribution in [1.82, 2.24) is 4.98 Å². The van der Waals surface area contributed by atoms with Crippen LogP contribution in [0.3, 0.4) is 0 Å². The lowest BCUT2D eigenvalue weighted by Gasteiger charge is -2.09. The Morgan fingerprint density at radius 3 is 0.189 bits per heavy atom. The lowest BCUT2D eigenvalue weighted by Crippen LogP contribution is -2.39. The number of halogens is 21. The molecule has 15 aromatic heterocycles. The van der Waals surface area contributed by atoms with Crippen LogP contribution < -0.4 is 137 Å². The molecule has 15 aromatic rings. The quantitative estimate of drug-likeness (QED) is 0.101. The first-order valence-corrected chi connectivity index (χ1v) is 34.9. The van der Waals surface area contributed by atoms with E-state index < -0.39 is 51.8 Å². The fraction of sp³-hybridized carbons (Fsp3) is 0. The topological polar surface area (TPSA) is 390 Å². The van der Waals surface area contributed by atoms with E-state index in [-0.39, 0.29) is 0 Å². The van der Waals surface area contributed by atoms with E-state index in [1.807, 2.05) is 18.2 Å². The van der Waals surface area contributed by atoms with Crippen LogP contribution in [0.25, 0.3) is 0 Å². The second-order valence-corrected chi connectivity index (χ2v) is 20.0. The van der Waals surface area contributed by atoms with Gasteiger partial charge in [-0.3, -0.25) is 4.98 Å². The highest BCUT2D eigenvalue weighted by Gasteiger charge is 1.95. The molecule has 0 amide bonds. The minimum atomic E-state index is -3.17. The summed E-state index contributed by atoms with van der Waals surface area (Å²) in [6, 6.07) is 75.9. The van der Waals surface area contributed by atoms with E-state index in [0.717, 1.165) is 0 Å². The summed E-state index contributed by atoms with van der Waals surface area (Å²) < 4.78 is 235. The summed E-state index contributed by atoms with van der Waals surface area (Å²) in [5.74, 6) is 0. The highest BCUT2D eigenvalue weighted by molar-refractivity contribution is 6.28. The van der Waals surface area contributed by atoms with Gasteiger partial charge in [-0.1, -0.05) is 91.0 Å². The molecule has 15 rings (SSSR count). The summed E-state index contributed by atoms with van der Waals surface area (Å²) in [5, 5.41) is 116. The van der Waals surface area contributed by atoms with Gasteiger partial charge in [0, 0.05) is 249 Å². The van der Waals surface area contributed by atoms with Crippen molar-refractivity contribution in [3.05, 3.63) is 459 Å². The van der Waals surface area contributed by atoms with Gasteiger partial charge in [-0.05, 0) is 12.1 Å². The molecule has 57 heteroatoms. The Kier molecular flexibility index (Phi) is 99.5. The van der Waals surface area contributed by atoms with Crippen molar-refractivity contribution in [2.45, 2.75) is 0 Å². The SMILES string of the molecule is F[n+]1ccccc1.F[n+]1ccccc1.F[n+]1ccccc1.F[n+]1ccccc1.F[n+]1ccccc1.F[n+]1ccccc1.F[n+]1ccccc1.F[n+]1ccccc1.F[n+]1ccccc1.F[n+]1ccccc1.F[n+]1ccccc1.F[n+]1ccccc1.F[n+]1ccccc1.F[n+]1ccccc1.[O-]B([O-])F.[O-]B([O-])F.[O-]B([O-])F.[O-]B([O-])F.[O-]B([O-])F.[O-]B([O-])F.[O-]B([O-])F.c1ccncc1. The number of hydrogen-bond donors (Lipinski definition) is 0. The highest BCUT2D eigenvalue weighted by Crippen LogP contribution is 1.83. The van der Waals surface area contributed by atoms with Crippen LogP contribution in [0, 0.1) is 0 Å². The Labute approximate surface area is 743 Å². The standard InChI is InChI=1S/14C5H5FN.C5H5N.7BFO2/c14*6-7-4-2-1-3-5-7;1-2-4-6-5-3-1;7*2-1(3)4/h14*1-5H;1-5H;;;;;;;/q14*+1;;7*-2. The van der Waals surface area contributed by atoms with Gasteiger partial charge in [0.05, 0.1) is 62.7 Å². The predicted octanol–water partition coefficient (Wildman–Crippen LogP) is -5.39. The Balaban J connectivity index is -0.000000249. The van der Waals surface area contributed by atoms with Gasteiger partial charge in [-0.2, -0.15) is 0 Å². The Hall–Kier alpha value is -14.3. The molecule has 0 aromatic carbocycles. The fourth-order valence-electron chi connectivity index (χ4n) is 5.60. The zero-order valence-corrected chi connectivity index (χ0v) is 67.7. The van der Waals surface area contributed by atoms with E-state index in [0.29, 0.717) is 67.0 Å². The molecular weight excluding hydrogens is 1810 g/mol. The normalized spacial score (nSPS) is 8.27. The molecular formula is C75H75B7F21N15O14. The molecule has 0 radical (unpaired) electrons. The lowest BCUT2D eigenvalue weighted by atomic mass is 10.3. The van der Waals surface area contributed by atoms with Gasteiger partial charge in [-0.25, -0.2) is 0 Å². The van der Waals surface area contributed by atoms with E-state index >= 15 is 0 Å². The molecule has 0 aliphatic heterocycles. The fourth-order valence-corrected chi connectivity index (χ4v) is 5.60. The third-order valence-corrected chi connectivity index (χ3v) is 10.1. The van der Waals surface area contributed by atoms with Crippen molar-refractivity contribution in [1.29, 1.82) is 0 Å². The first kappa shape index (κ1) is 131. The summed E-state index contributed by atoms with van der Waals surface area (Å²) in [7, 11) is -22.2. The lowest BCUT2D eigenvalue weighted by molar-refractivity contribution is -0.843. The minimum absolute atomic E-state index is 0.500. The third kappa shape index (κ3) is 142. The molecule has 0 unspecified atom stereocenters. The number of pyridine rings is 15. The van der Waals surface area contributed by atoms with Crippen LogP contribution in [0.1, 0.15) is 0 Å². The monoisotopic (exact) mass is 1890 g/mol. The summed E-state index contributed by atoms with van der Waals surface area (Å²) in [5.41, 5.74) is 0. The van der Waals surface area contributed by atoms with Crippen LogP contribution in [0.4, 0.5) is 92.9 Å². The highest BCUT2D eigenvalue weighted by atomic mass is 19.2. The number of hydrogen-bond acceptors (Lipinski definition) is 15. The summed E-state index contributed by atoms with van der Waals surface area (Å²) in [4.78, 5) is 10.8. The molecule has 29 nitrogen and oxygen atoms in total. The van der Waals surface area contributed by atoms with Crippen LogP contribution >= 0.6 is 0 Å². The predicted molar refractivity (Wildman–Crippen MR) is 396 cm³/mol. The Morgan fingerprint density at radius 1 is 0.114 bits per heavy atom. The van der Waals surface area contributed by atoms with Crippen LogP contribution in [-0.2, 0) is 0 Å². The summed E-state index contributed by atoms with van der Waals surface area (Å²) >= 11 is 0. The van der Waals surface area contributed by atoms with Crippen LogP contribution in [-0.4, -0.2) is 56.8 Å². The maximum atomic E-state index is 11.8. The average molecular weight is 1890 g/mol. The van der Waals surface area contributed by atoms with Gasteiger partial charge in [0.1, 0.15) is 51.8 Å². The van der Waals surface area contributed by atoms with Gasteiger partial charge < -0.3 is 101 Å². The first-order valence-electron chi connectivity index (χ1n) is 34.9. The molecule has 702 valence electrons. The third-order valence-electron chi connectivity index (χ3n) is 10.1. The van der Waals surface area contributed by atoms with E-state index in [4.69, 9.17) is 70.3 Å². The van der Waals surface area contributed by atoms with Crippen molar-refractivity contribution < 1.29 is 230 Å². The molecule has 0 atom stereocenters. The van der Waals surface area contributed by atoms with Gasteiger partial charge in [-0.15, -0.1) is 0 Å². The maximum absolute atomic E-state index is 11.8. The summed E-state index contributed by atoms with van der Waals surface area (Å²) in [6.07, 6.45) is 40.8. The van der Waals surface area contributed by atoms with Gasteiger partial charge in [0.2, 0.25) is 174 Å². The molecule has 0 bridgehead atoms. The van der Waals surface area contributed by atoms with Crippen molar-refractivity contribution >= 4 is 51.8 Å². The average Bonchev–Trinajstić information content (AvgIpc) is 1.07. The van der Waals surface area contributed by atoms with Gasteiger partial charge in [0.25, 0.3) is 0 Å².